The van der Waals surface area contributed by atoms with Crippen molar-refractivity contribution in [1.82, 2.24) is 0 Å². The summed E-state index contributed by atoms with van der Waals surface area (Å²) in [5.74, 6) is -0.163. The minimum atomic E-state index is -4.66. The summed E-state index contributed by atoms with van der Waals surface area (Å²) < 4.78 is 41.3. The number of alkyl halides is 3. The molecule has 0 aliphatic rings. The predicted molar refractivity (Wildman–Crippen MR) is 63.3 cm³/mol. The van der Waals surface area contributed by atoms with Crippen molar-refractivity contribution < 1.29 is 17.9 Å². The zero-order chi connectivity index (χ0) is 11.8. The van der Waals surface area contributed by atoms with E-state index in [-0.39, 0.29) is 5.75 Å². The fraction of sp³-hybridized carbons (Fsp3) is 0.0909. The lowest BCUT2D eigenvalue weighted by Crippen LogP contribution is -2.17. The molecule has 0 aromatic heterocycles. The van der Waals surface area contributed by atoms with Gasteiger partial charge in [-0.05, 0) is 40.1 Å². The maximum absolute atomic E-state index is 12.1. The Balaban J connectivity index is 2.59. The van der Waals surface area contributed by atoms with Crippen molar-refractivity contribution in [2.45, 2.75) is 6.36 Å². The van der Waals surface area contributed by atoms with Gasteiger partial charge in [-0.1, -0.05) is 24.3 Å². The van der Waals surface area contributed by atoms with Crippen LogP contribution in [0.25, 0.3) is 10.8 Å². The van der Waals surface area contributed by atoms with Gasteiger partial charge in [-0.25, -0.2) is 0 Å². The van der Waals surface area contributed by atoms with Gasteiger partial charge >= 0.3 is 6.36 Å². The molecule has 0 bridgehead atoms. The van der Waals surface area contributed by atoms with Crippen molar-refractivity contribution in [2.24, 2.45) is 0 Å². The van der Waals surface area contributed by atoms with Crippen molar-refractivity contribution in [2.75, 3.05) is 0 Å². The fourth-order valence-electron chi connectivity index (χ4n) is 1.45. The molecule has 0 saturated carbocycles. The molecule has 0 aliphatic carbocycles. The highest BCUT2D eigenvalue weighted by molar-refractivity contribution is 14.1. The number of benzene rings is 2. The van der Waals surface area contributed by atoms with Crippen LogP contribution >= 0.6 is 22.6 Å². The fourth-order valence-corrected chi connectivity index (χ4v) is 2.10. The molecule has 0 saturated heterocycles. The van der Waals surface area contributed by atoms with Gasteiger partial charge in [-0.3, -0.25) is 0 Å². The van der Waals surface area contributed by atoms with Crippen LogP contribution in [0.2, 0.25) is 0 Å². The average molecular weight is 338 g/mol. The highest BCUT2D eigenvalue weighted by atomic mass is 127. The molecule has 0 heterocycles. The van der Waals surface area contributed by atoms with Crippen molar-refractivity contribution in [3.63, 3.8) is 0 Å². The van der Waals surface area contributed by atoms with Crippen molar-refractivity contribution in [3.8, 4) is 5.75 Å². The molecule has 0 amide bonds. The summed E-state index contributed by atoms with van der Waals surface area (Å²) in [4.78, 5) is 0. The molecule has 5 heteroatoms. The molecule has 0 fully saturated rings. The average Bonchev–Trinajstić information content (AvgIpc) is 2.21. The van der Waals surface area contributed by atoms with Gasteiger partial charge in [-0.2, -0.15) is 0 Å². The quantitative estimate of drug-likeness (QED) is 0.703. The maximum atomic E-state index is 12.1. The number of halogens is 4. The Kier molecular flexibility index (Phi) is 2.96. The minimum Gasteiger partial charge on any atom is -0.405 e. The Hall–Kier alpha value is -0.980. The summed E-state index contributed by atoms with van der Waals surface area (Å²) in [6.07, 6.45) is -4.66. The molecular weight excluding hydrogens is 332 g/mol. The van der Waals surface area contributed by atoms with Gasteiger partial charge in [0.1, 0.15) is 5.75 Å². The number of ether oxygens (including phenoxy) is 1. The van der Waals surface area contributed by atoms with Crippen LogP contribution in [-0.4, -0.2) is 6.36 Å². The molecule has 2 aromatic rings. The van der Waals surface area contributed by atoms with Crippen LogP contribution in [0.15, 0.2) is 36.4 Å². The third-order valence-corrected chi connectivity index (χ3v) is 3.00. The monoisotopic (exact) mass is 338 g/mol. The van der Waals surface area contributed by atoms with Gasteiger partial charge < -0.3 is 4.74 Å². The molecule has 84 valence electrons. The van der Waals surface area contributed by atoms with Crippen LogP contribution in [0.3, 0.4) is 0 Å². The molecular formula is C11H6F3IO. The second-order valence-corrected chi connectivity index (χ2v) is 4.30. The molecule has 0 aliphatic heterocycles. The molecule has 0 unspecified atom stereocenters. The first-order valence-corrected chi connectivity index (χ1v) is 5.48. The molecule has 0 spiro atoms. The van der Waals surface area contributed by atoms with E-state index in [1.54, 1.807) is 30.3 Å². The summed E-state index contributed by atoms with van der Waals surface area (Å²) in [5, 5.41) is 1.22. The molecule has 2 aromatic carbocycles. The number of hydrogen-bond donors (Lipinski definition) is 0. The van der Waals surface area contributed by atoms with E-state index < -0.39 is 6.36 Å². The molecule has 2 rings (SSSR count). The van der Waals surface area contributed by atoms with E-state index in [0.29, 0.717) is 5.39 Å². The largest absolute Gasteiger partial charge is 0.573 e. The maximum Gasteiger partial charge on any atom is 0.573 e. The smallest absolute Gasteiger partial charge is 0.405 e. The lowest BCUT2D eigenvalue weighted by molar-refractivity contribution is -0.274. The molecule has 0 radical (unpaired) electrons. The molecule has 16 heavy (non-hydrogen) atoms. The van der Waals surface area contributed by atoms with Crippen molar-refractivity contribution >= 4 is 33.4 Å². The third-order valence-electron chi connectivity index (χ3n) is 2.06. The van der Waals surface area contributed by atoms with E-state index in [4.69, 9.17) is 0 Å². The van der Waals surface area contributed by atoms with E-state index >= 15 is 0 Å². The van der Waals surface area contributed by atoms with E-state index in [0.717, 1.165) is 8.96 Å². The highest BCUT2D eigenvalue weighted by Gasteiger charge is 2.31. The summed E-state index contributed by atoms with van der Waals surface area (Å²) in [6, 6.07) is 9.77. The summed E-state index contributed by atoms with van der Waals surface area (Å²) in [5.41, 5.74) is 0. The Bertz CT molecular complexity index is 522. The van der Waals surface area contributed by atoms with E-state index in [9.17, 15) is 13.2 Å². The lowest BCUT2D eigenvalue weighted by atomic mass is 10.1. The van der Waals surface area contributed by atoms with Crippen molar-refractivity contribution in [1.29, 1.82) is 0 Å². The van der Waals surface area contributed by atoms with E-state index in [1.165, 1.54) is 6.07 Å². The lowest BCUT2D eigenvalue weighted by Gasteiger charge is -2.11. The molecule has 0 atom stereocenters. The van der Waals surface area contributed by atoms with Crippen LogP contribution in [-0.2, 0) is 0 Å². The van der Waals surface area contributed by atoms with Gasteiger partial charge in [0.2, 0.25) is 0 Å². The van der Waals surface area contributed by atoms with Gasteiger partial charge in [-0.15, -0.1) is 13.2 Å². The van der Waals surface area contributed by atoms with Gasteiger partial charge in [0, 0.05) is 8.96 Å². The van der Waals surface area contributed by atoms with E-state index in [2.05, 4.69) is 27.3 Å². The zero-order valence-corrected chi connectivity index (χ0v) is 10.0. The van der Waals surface area contributed by atoms with Crippen LogP contribution in [0.4, 0.5) is 13.2 Å². The topological polar surface area (TPSA) is 9.23 Å². The summed E-state index contributed by atoms with van der Waals surface area (Å²) in [7, 11) is 0. The van der Waals surface area contributed by atoms with Gasteiger partial charge in [0.05, 0.1) is 0 Å². The Morgan fingerprint density at radius 3 is 2.19 bits per heavy atom. The first-order valence-electron chi connectivity index (χ1n) is 4.40. The highest BCUT2D eigenvalue weighted by Crippen LogP contribution is 2.32. The van der Waals surface area contributed by atoms with Crippen LogP contribution < -0.4 is 4.74 Å². The first-order chi connectivity index (χ1) is 7.47. The first kappa shape index (κ1) is 11.5. The van der Waals surface area contributed by atoms with Crippen LogP contribution in [0, 0.1) is 3.57 Å². The Morgan fingerprint density at radius 2 is 1.56 bits per heavy atom. The number of hydrogen-bond acceptors (Lipinski definition) is 1. The standard InChI is InChI=1S/C11H6F3IO/c12-11(13,14)16-10-6-5-9(15)7-3-1-2-4-8(7)10/h1-6H. The Morgan fingerprint density at radius 1 is 0.938 bits per heavy atom. The van der Waals surface area contributed by atoms with Gasteiger partial charge in [0.25, 0.3) is 0 Å². The van der Waals surface area contributed by atoms with Crippen LogP contribution in [0.5, 0.6) is 5.75 Å². The number of fused-ring (bicyclic) bond motifs is 1. The predicted octanol–water partition coefficient (Wildman–Crippen LogP) is 4.34. The molecule has 1 nitrogen and oxygen atoms in total. The van der Waals surface area contributed by atoms with Crippen molar-refractivity contribution in [3.05, 3.63) is 40.0 Å². The Labute approximate surface area is 103 Å². The van der Waals surface area contributed by atoms with Crippen LogP contribution in [0.1, 0.15) is 0 Å². The summed E-state index contributed by atoms with van der Waals surface area (Å²) >= 11 is 2.08. The third kappa shape index (κ3) is 2.40. The second-order valence-electron chi connectivity index (χ2n) is 3.14. The zero-order valence-electron chi connectivity index (χ0n) is 7.88. The summed E-state index contributed by atoms with van der Waals surface area (Å²) in [6.45, 7) is 0. The SMILES string of the molecule is FC(F)(F)Oc1ccc(I)c2ccccc12. The minimum absolute atomic E-state index is 0.163. The number of rotatable bonds is 1. The van der Waals surface area contributed by atoms with Gasteiger partial charge in [0.15, 0.2) is 0 Å². The molecule has 0 N–H and O–H groups in total. The van der Waals surface area contributed by atoms with E-state index in [1.807, 2.05) is 0 Å². The second kappa shape index (κ2) is 4.12. The normalized spacial score (nSPS) is 11.8.